The molecule has 2 aliphatic heterocycles. The number of hydrogen-bond acceptors (Lipinski definition) is 8. The first-order chi connectivity index (χ1) is 17.7. The van der Waals surface area contributed by atoms with Gasteiger partial charge in [-0.1, -0.05) is 11.8 Å². The van der Waals surface area contributed by atoms with Crippen molar-refractivity contribution in [3.05, 3.63) is 35.4 Å². The number of aromatic nitrogens is 2. The number of piperidine rings is 2. The van der Waals surface area contributed by atoms with Crippen LogP contribution in [0.2, 0.25) is 0 Å². The summed E-state index contributed by atoms with van der Waals surface area (Å²) in [5.41, 5.74) is -0.973. The van der Waals surface area contributed by atoms with Crippen molar-refractivity contribution in [3.63, 3.8) is 0 Å². The van der Waals surface area contributed by atoms with E-state index in [-0.39, 0.29) is 46.3 Å². The summed E-state index contributed by atoms with van der Waals surface area (Å²) in [6.07, 6.45) is -0.687. The van der Waals surface area contributed by atoms with Crippen LogP contribution in [0.4, 0.5) is 19.0 Å². The number of rotatable bonds is 7. The van der Waals surface area contributed by atoms with Gasteiger partial charge in [-0.2, -0.15) is 13.2 Å². The van der Waals surface area contributed by atoms with E-state index in [0.29, 0.717) is 44.8 Å². The quantitative estimate of drug-likeness (QED) is 0.270. The summed E-state index contributed by atoms with van der Waals surface area (Å²) in [6, 6.07) is 4.31. The fourth-order valence-corrected chi connectivity index (χ4v) is 5.40. The molecule has 0 N–H and O–H groups in total. The van der Waals surface area contributed by atoms with Gasteiger partial charge in [-0.3, -0.25) is 9.59 Å². The van der Waals surface area contributed by atoms with Crippen LogP contribution in [0.1, 0.15) is 68.0 Å². The maximum Gasteiger partial charge on any atom is 0.433 e. The summed E-state index contributed by atoms with van der Waals surface area (Å²) >= 11 is 1.03. The van der Waals surface area contributed by atoms with Crippen LogP contribution < -0.4 is 4.90 Å². The second-order valence-corrected chi connectivity index (χ2v) is 10.2. The van der Waals surface area contributed by atoms with Crippen LogP contribution in [-0.4, -0.2) is 59.0 Å². The van der Waals surface area contributed by atoms with Gasteiger partial charge < -0.3 is 19.0 Å². The molecule has 0 saturated carbocycles. The third-order valence-electron chi connectivity index (χ3n) is 6.70. The Labute approximate surface area is 217 Å². The zero-order valence-electron chi connectivity index (χ0n) is 20.9. The first kappa shape index (κ1) is 27.3. The second kappa shape index (κ2) is 11.7. The van der Waals surface area contributed by atoms with Gasteiger partial charge in [0.25, 0.3) is 5.91 Å². The number of halogens is 3. The minimum Gasteiger partial charge on any atom is -0.466 e. The fraction of sp³-hybridized carbons (Fsp3) is 0.600. The molecule has 2 aromatic heterocycles. The van der Waals surface area contributed by atoms with Crippen molar-refractivity contribution in [3.8, 4) is 0 Å². The number of alkyl halides is 3. The minimum absolute atomic E-state index is 0.00733. The Hall–Kier alpha value is -2.76. The molecule has 0 radical (unpaired) electrons. The summed E-state index contributed by atoms with van der Waals surface area (Å²) in [6.45, 7) is 5.57. The van der Waals surface area contributed by atoms with E-state index in [1.54, 1.807) is 24.0 Å². The number of likely N-dealkylation sites (tertiary alicyclic amines) is 1. The van der Waals surface area contributed by atoms with E-state index in [1.807, 2.05) is 11.8 Å². The van der Waals surface area contributed by atoms with Gasteiger partial charge >= 0.3 is 12.1 Å². The van der Waals surface area contributed by atoms with E-state index in [2.05, 4.69) is 9.97 Å². The third-order valence-corrected chi connectivity index (χ3v) is 7.57. The van der Waals surface area contributed by atoms with E-state index < -0.39 is 11.9 Å². The number of furan rings is 1. The lowest BCUT2D eigenvalue weighted by atomic mass is 9.97. The van der Waals surface area contributed by atoms with Crippen molar-refractivity contribution in [2.75, 3.05) is 31.1 Å². The number of esters is 1. The highest BCUT2D eigenvalue weighted by Crippen LogP contribution is 2.34. The zero-order valence-corrected chi connectivity index (χ0v) is 21.7. The van der Waals surface area contributed by atoms with Gasteiger partial charge in [-0.25, -0.2) is 9.97 Å². The number of anilines is 1. The molecular weight excluding hydrogens is 509 g/mol. The molecular formula is C25H31F3N4O4S. The molecule has 0 unspecified atom stereocenters. The van der Waals surface area contributed by atoms with E-state index >= 15 is 0 Å². The van der Waals surface area contributed by atoms with Crippen molar-refractivity contribution in [2.45, 2.75) is 69.1 Å². The predicted octanol–water partition coefficient (Wildman–Crippen LogP) is 5.17. The lowest BCUT2D eigenvalue weighted by Crippen LogP contribution is -2.40. The molecule has 2 saturated heterocycles. The average Bonchev–Trinajstić information content (AvgIpc) is 3.36. The van der Waals surface area contributed by atoms with Crippen LogP contribution in [-0.2, 0) is 21.5 Å². The molecule has 2 fully saturated rings. The maximum absolute atomic E-state index is 13.5. The maximum atomic E-state index is 13.5. The van der Waals surface area contributed by atoms with E-state index in [0.717, 1.165) is 37.1 Å². The molecule has 4 heterocycles. The van der Waals surface area contributed by atoms with E-state index in [4.69, 9.17) is 9.15 Å². The smallest absolute Gasteiger partial charge is 0.433 e. The molecule has 4 rings (SSSR count). The Morgan fingerprint density at radius 2 is 1.89 bits per heavy atom. The number of thioether (sulfide) groups is 1. The molecule has 2 aliphatic rings. The molecule has 0 aliphatic carbocycles. The Morgan fingerprint density at radius 1 is 1.14 bits per heavy atom. The number of hydrogen-bond donors (Lipinski definition) is 0. The van der Waals surface area contributed by atoms with Crippen molar-refractivity contribution >= 4 is 29.5 Å². The highest BCUT2D eigenvalue weighted by Gasteiger charge is 2.35. The highest BCUT2D eigenvalue weighted by atomic mass is 32.2. The third kappa shape index (κ3) is 6.77. The Kier molecular flexibility index (Phi) is 8.66. The van der Waals surface area contributed by atoms with Gasteiger partial charge in [0.15, 0.2) is 16.6 Å². The van der Waals surface area contributed by atoms with Crippen molar-refractivity contribution in [1.82, 2.24) is 14.9 Å². The van der Waals surface area contributed by atoms with Crippen molar-refractivity contribution in [1.29, 1.82) is 0 Å². The lowest BCUT2D eigenvalue weighted by molar-refractivity contribution is -0.149. The summed E-state index contributed by atoms with van der Waals surface area (Å²) in [5, 5.41) is 0.00733. The summed E-state index contributed by atoms with van der Waals surface area (Å²) in [4.78, 5) is 36.4. The van der Waals surface area contributed by atoms with Crippen LogP contribution >= 0.6 is 11.8 Å². The molecule has 0 aromatic carbocycles. The highest BCUT2D eigenvalue weighted by molar-refractivity contribution is 7.98. The molecule has 1 atom stereocenters. The monoisotopic (exact) mass is 540 g/mol. The molecule has 0 bridgehead atoms. The number of ether oxygens (including phenoxy) is 1. The van der Waals surface area contributed by atoms with Crippen LogP contribution in [0.5, 0.6) is 0 Å². The first-order valence-electron chi connectivity index (χ1n) is 12.6. The van der Waals surface area contributed by atoms with E-state index in [1.165, 1.54) is 0 Å². The molecule has 202 valence electrons. The number of amides is 1. The van der Waals surface area contributed by atoms with Crippen LogP contribution in [0.15, 0.2) is 27.8 Å². The molecule has 0 spiro atoms. The molecule has 8 nitrogen and oxygen atoms in total. The fourth-order valence-electron chi connectivity index (χ4n) is 4.65. The molecule has 2 aromatic rings. The van der Waals surface area contributed by atoms with Gasteiger partial charge in [0.1, 0.15) is 11.6 Å². The minimum atomic E-state index is -4.59. The average molecular weight is 541 g/mol. The predicted molar refractivity (Wildman–Crippen MR) is 131 cm³/mol. The van der Waals surface area contributed by atoms with Crippen LogP contribution in [0, 0.1) is 5.92 Å². The number of carbonyl (C=O) groups excluding carboxylic acids is 2. The zero-order chi connectivity index (χ0) is 26.6. The van der Waals surface area contributed by atoms with Gasteiger partial charge in [0.05, 0.1) is 18.3 Å². The topological polar surface area (TPSA) is 88.8 Å². The van der Waals surface area contributed by atoms with Crippen LogP contribution in [0.25, 0.3) is 0 Å². The second-order valence-electron chi connectivity index (χ2n) is 9.30. The standard InChI is InChI=1S/C25H31F3N4O4S/c1-3-35-23(34)17-9-12-31(13-10-17)22(33)19-8-7-18(36-19)15-37-24-29-20(25(26,27)28)14-21(30-24)32-11-5-4-6-16(32)2/h7-8,14,16-17H,3-6,9-13,15H2,1-2H3/t16-/m1/s1. The Morgan fingerprint density at radius 3 is 2.57 bits per heavy atom. The number of nitrogens with zero attached hydrogens (tertiary/aromatic N) is 4. The largest absolute Gasteiger partial charge is 0.466 e. The summed E-state index contributed by atoms with van der Waals surface area (Å²) in [7, 11) is 0. The summed E-state index contributed by atoms with van der Waals surface area (Å²) in [5.74, 6) is 0.309. The van der Waals surface area contributed by atoms with Gasteiger partial charge in [0, 0.05) is 31.7 Å². The molecule has 1 amide bonds. The first-order valence-corrected chi connectivity index (χ1v) is 13.5. The lowest BCUT2D eigenvalue weighted by Gasteiger charge is -2.34. The Balaban J connectivity index is 1.40. The normalized spacial score (nSPS) is 19.2. The van der Waals surface area contributed by atoms with Gasteiger partial charge in [-0.05, 0) is 58.1 Å². The number of carbonyl (C=O) groups is 2. The molecule has 37 heavy (non-hydrogen) atoms. The van der Waals surface area contributed by atoms with Gasteiger partial charge in [0.2, 0.25) is 0 Å². The van der Waals surface area contributed by atoms with Crippen LogP contribution in [0.3, 0.4) is 0 Å². The van der Waals surface area contributed by atoms with Crippen molar-refractivity contribution < 1.29 is 31.9 Å². The van der Waals surface area contributed by atoms with E-state index in [9.17, 15) is 22.8 Å². The van der Waals surface area contributed by atoms with Gasteiger partial charge in [-0.15, -0.1) is 0 Å². The SMILES string of the molecule is CCOC(=O)C1CCN(C(=O)c2ccc(CSc3nc(N4CCCC[C@H]4C)cc(C(F)(F)F)n3)o2)CC1. The Bertz CT molecular complexity index is 1100. The van der Waals surface area contributed by atoms with Crippen molar-refractivity contribution in [2.24, 2.45) is 5.92 Å². The molecule has 12 heteroatoms. The summed E-state index contributed by atoms with van der Waals surface area (Å²) < 4.78 is 51.4.